The van der Waals surface area contributed by atoms with Gasteiger partial charge in [-0.1, -0.05) is 0 Å². The van der Waals surface area contributed by atoms with Crippen molar-refractivity contribution in [3.8, 4) is 0 Å². The van der Waals surface area contributed by atoms with Gasteiger partial charge in [0.05, 0.1) is 6.04 Å². The Balaban J connectivity index is 2.83. The first kappa shape index (κ1) is 5.59. The summed E-state index contributed by atoms with van der Waals surface area (Å²) in [5, 5.41) is 1.16. The first-order chi connectivity index (χ1) is 4.86. The molecule has 10 heavy (non-hydrogen) atoms. The second-order valence-corrected chi connectivity index (χ2v) is 2.45. The van der Waals surface area contributed by atoms with Crippen LogP contribution < -0.4 is 10.7 Å². The molecule has 0 radical (unpaired) electrons. The van der Waals surface area contributed by atoms with Crippen LogP contribution in [0.5, 0.6) is 0 Å². The highest BCUT2D eigenvalue weighted by Crippen LogP contribution is 1.90. The predicted molar refractivity (Wildman–Crippen MR) is 38.9 cm³/mol. The Morgan fingerprint density at radius 3 is 3.20 bits per heavy atom. The fourth-order valence-electron chi connectivity index (χ4n) is 1.14. The molecule has 0 spiro atoms. The standard InChI is InChI=1S/C8H8N2/c1-6-5-7-3-2-4-9-8(7)10-6/h2-6H,1H3/t6-/m1/s1. The van der Waals surface area contributed by atoms with Crippen molar-refractivity contribution in [2.45, 2.75) is 13.0 Å². The van der Waals surface area contributed by atoms with E-state index in [-0.39, 0.29) is 0 Å². The smallest absolute Gasteiger partial charge is 0.154 e. The monoisotopic (exact) mass is 132 g/mol. The van der Waals surface area contributed by atoms with E-state index >= 15 is 0 Å². The summed E-state index contributed by atoms with van der Waals surface area (Å²) in [5.74, 6) is 0. The summed E-state index contributed by atoms with van der Waals surface area (Å²) >= 11 is 0. The highest BCUT2D eigenvalue weighted by atomic mass is 14.9. The van der Waals surface area contributed by atoms with Gasteiger partial charge in [-0.05, 0) is 25.1 Å². The van der Waals surface area contributed by atoms with E-state index in [1.54, 1.807) is 6.20 Å². The van der Waals surface area contributed by atoms with Gasteiger partial charge >= 0.3 is 0 Å². The molecule has 1 aliphatic heterocycles. The largest absolute Gasteiger partial charge is 0.259 e. The molecule has 0 saturated carbocycles. The van der Waals surface area contributed by atoms with E-state index in [1.165, 1.54) is 0 Å². The number of rotatable bonds is 0. The third-order valence-corrected chi connectivity index (χ3v) is 1.56. The first-order valence-electron chi connectivity index (χ1n) is 3.37. The van der Waals surface area contributed by atoms with Crippen LogP contribution in [0.25, 0.3) is 6.08 Å². The Hall–Kier alpha value is -1.18. The van der Waals surface area contributed by atoms with Gasteiger partial charge in [0, 0.05) is 11.4 Å². The maximum absolute atomic E-state index is 4.29. The number of pyridine rings is 1. The molecule has 50 valence electrons. The Kier molecular flexibility index (Phi) is 1.07. The lowest BCUT2D eigenvalue weighted by atomic mass is 10.3. The zero-order valence-corrected chi connectivity index (χ0v) is 5.78. The molecule has 2 heterocycles. The molecule has 0 N–H and O–H groups in total. The van der Waals surface area contributed by atoms with Crippen LogP contribution in [0.4, 0.5) is 0 Å². The molecule has 0 aliphatic carbocycles. The molecule has 2 heteroatoms. The van der Waals surface area contributed by atoms with Gasteiger partial charge < -0.3 is 0 Å². The third kappa shape index (κ3) is 0.727. The van der Waals surface area contributed by atoms with E-state index in [4.69, 9.17) is 0 Å². The zero-order chi connectivity index (χ0) is 6.97. The second-order valence-electron chi connectivity index (χ2n) is 2.45. The van der Waals surface area contributed by atoms with Gasteiger partial charge in [0.15, 0.2) is 5.49 Å². The summed E-state index contributed by atoms with van der Waals surface area (Å²) in [6.07, 6.45) is 3.89. The molecule has 2 nitrogen and oxygen atoms in total. The molecular formula is C8H8N2. The highest BCUT2D eigenvalue weighted by molar-refractivity contribution is 5.31. The lowest BCUT2D eigenvalue weighted by Crippen LogP contribution is -2.23. The van der Waals surface area contributed by atoms with Gasteiger partial charge in [-0.2, -0.15) is 0 Å². The van der Waals surface area contributed by atoms with E-state index in [0.717, 1.165) is 10.7 Å². The lowest BCUT2D eigenvalue weighted by molar-refractivity contribution is 0.930. The molecule has 0 bridgehead atoms. The van der Waals surface area contributed by atoms with Crippen LogP contribution in [0.15, 0.2) is 23.3 Å². The molecule has 0 fully saturated rings. The van der Waals surface area contributed by atoms with Crippen molar-refractivity contribution >= 4 is 6.08 Å². The van der Waals surface area contributed by atoms with Crippen LogP contribution in [0.3, 0.4) is 0 Å². The van der Waals surface area contributed by atoms with Crippen molar-refractivity contribution in [3.05, 3.63) is 29.0 Å². The molecule has 0 unspecified atom stereocenters. The quantitative estimate of drug-likeness (QED) is 0.483. The van der Waals surface area contributed by atoms with Crippen molar-refractivity contribution in [2.75, 3.05) is 0 Å². The zero-order valence-electron chi connectivity index (χ0n) is 5.78. The summed E-state index contributed by atoms with van der Waals surface area (Å²) in [5.41, 5.74) is 0.884. The van der Waals surface area contributed by atoms with E-state index < -0.39 is 0 Å². The molecule has 1 aliphatic rings. The van der Waals surface area contributed by atoms with E-state index in [9.17, 15) is 0 Å². The van der Waals surface area contributed by atoms with Gasteiger partial charge in [0.1, 0.15) is 0 Å². The summed E-state index contributed by atoms with van der Waals surface area (Å²) in [6.45, 7) is 2.06. The summed E-state index contributed by atoms with van der Waals surface area (Å²) < 4.78 is 0. The third-order valence-electron chi connectivity index (χ3n) is 1.56. The van der Waals surface area contributed by atoms with E-state index in [0.29, 0.717) is 6.04 Å². The Bertz CT molecular complexity index is 319. The predicted octanol–water partition coefficient (Wildman–Crippen LogP) is -0.116. The van der Waals surface area contributed by atoms with Crippen LogP contribution in [-0.2, 0) is 0 Å². The van der Waals surface area contributed by atoms with Gasteiger partial charge in [-0.3, -0.25) is 4.99 Å². The minimum atomic E-state index is 0.310. The average molecular weight is 132 g/mol. The Morgan fingerprint density at radius 2 is 2.40 bits per heavy atom. The number of hydrogen-bond acceptors (Lipinski definition) is 2. The Labute approximate surface area is 58.9 Å². The van der Waals surface area contributed by atoms with Crippen LogP contribution in [0, 0.1) is 0 Å². The molecular weight excluding hydrogens is 124 g/mol. The van der Waals surface area contributed by atoms with Crippen molar-refractivity contribution < 1.29 is 0 Å². The maximum atomic E-state index is 4.29. The second kappa shape index (κ2) is 1.90. The first-order valence-corrected chi connectivity index (χ1v) is 3.37. The number of fused-ring (bicyclic) bond motifs is 1. The van der Waals surface area contributed by atoms with Crippen molar-refractivity contribution in [3.63, 3.8) is 0 Å². The van der Waals surface area contributed by atoms with Gasteiger partial charge in [0.2, 0.25) is 0 Å². The van der Waals surface area contributed by atoms with E-state index in [1.807, 2.05) is 12.1 Å². The Morgan fingerprint density at radius 1 is 1.50 bits per heavy atom. The SMILES string of the molecule is C[C@@H]1C=c2cccnc2=N1. The maximum Gasteiger partial charge on any atom is 0.154 e. The van der Waals surface area contributed by atoms with Gasteiger partial charge in [-0.25, -0.2) is 4.98 Å². The topological polar surface area (TPSA) is 25.2 Å². The van der Waals surface area contributed by atoms with Crippen LogP contribution >= 0.6 is 0 Å². The molecule has 2 rings (SSSR count). The molecule has 1 atom stereocenters. The number of aromatic nitrogens is 1. The molecule has 1 aromatic heterocycles. The van der Waals surface area contributed by atoms with Crippen LogP contribution in [0.1, 0.15) is 6.92 Å². The summed E-state index contributed by atoms with van der Waals surface area (Å²) in [6, 6.07) is 4.28. The minimum Gasteiger partial charge on any atom is -0.259 e. The minimum absolute atomic E-state index is 0.310. The fourth-order valence-corrected chi connectivity index (χ4v) is 1.14. The van der Waals surface area contributed by atoms with E-state index in [2.05, 4.69) is 23.0 Å². The summed E-state index contributed by atoms with van der Waals surface area (Å²) in [7, 11) is 0. The normalized spacial score (nSPS) is 21.1. The van der Waals surface area contributed by atoms with Crippen molar-refractivity contribution in [1.82, 2.24) is 4.98 Å². The molecule has 0 saturated heterocycles. The fraction of sp³-hybridized carbons (Fsp3) is 0.250. The molecule has 0 aromatic carbocycles. The van der Waals surface area contributed by atoms with Crippen LogP contribution in [0.2, 0.25) is 0 Å². The molecule has 0 amide bonds. The van der Waals surface area contributed by atoms with Crippen molar-refractivity contribution in [1.29, 1.82) is 0 Å². The van der Waals surface area contributed by atoms with Gasteiger partial charge in [-0.15, -0.1) is 0 Å². The average Bonchev–Trinajstić information content (AvgIpc) is 2.27. The van der Waals surface area contributed by atoms with Gasteiger partial charge in [0.25, 0.3) is 0 Å². The van der Waals surface area contributed by atoms with Crippen LogP contribution in [-0.4, -0.2) is 11.0 Å². The highest BCUT2D eigenvalue weighted by Gasteiger charge is 2.00. The van der Waals surface area contributed by atoms with Crippen molar-refractivity contribution in [2.24, 2.45) is 4.99 Å². The summed E-state index contributed by atoms with van der Waals surface area (Å²) in [4.78, 5) is 8.40. The number of nitrogens with zero attached hydrogens (tertiary/aromatic N) is 2. The lowest BCUT2D eigenvalue weighted by Gasteiger charge is -1.85. The molecule has 1 aromatic rings. The number of hydrogen-bond donors (Lipinski definition) is 0.